The van der Waals surface area contributed by atoms with E-state index in [-0.39, 0.29) is 17.7 Å². The fourth-order valence-corrected chi connectivity index (χ4v) is 2.71. The fraction of sp³-hybridized carbons (Fsp3) is 0.909. The molecule has 2 nitrogen and oxygen atoms in total. The average molecular weight is 217 g/mol. The number of nitrogens with one attached hydrogen (secondary N) is 1. The van der Waals surface area contributed by atoms with Crippen LogP contribution in [0.4, 0.5) is 8.78 Å². The highest BCUT2D eigenvalue weighted by Gasteiger charge is 2.67. The molecule has 2 aliphatic carbocycles. The molecular formula is C11H17F2NO. The van der Waals surface area contributed by atoms with E-state index in [0.717, 1.165) is 12.8 Å². The van der Waals surface area contributed by atoms with Crippen LogP contribution in [0.1, 0.15) is 32.6 Å². The minimum absolute atomic E-state index is 0.0327. The molecule has 15 heavy (non-hydrogen) atoms. The van der Waals surface area contributed by atoms with Crippen LogP contribution in [-0.4, -0.2) is 18.4 Å². The maximum atomic E-state index is 13.1. The Labute approximate surface area is 88.4 Å². The normalized spacial score (nSPS) is 37.7. The smallest absolute Gasteiger partial charge is 0.254 e. The minimum atomic E-state index is -2.38. The summed E-state index contributed by atoms with van der Waals surface area (Å²) in [6, 6.07) is 0. The average Bonchev–Trinajstić information content (AvgIpc) is 2.75. The highest BCUT2D eigenvalue weighted by atomic mass is 19.3. The monoisotopic (exact) mass is 217 g/mol. The molecule has 0 aromatic rings. The fourth-order valence-electron chi connectivity index (χ4n) is 2.71. The summed E-state index contributed by atoms with van der Waals surface area (Å²) in [5, 5.41) is 2.77. The van der Waals surface area contributed by atoms with E-state index < -0.39 is 5.92 Å². The van der Waals surface area contributed by atoms with E-state index in [1.807, 2.05) is 0 Å². The molecule has 2 saturated carbocycles. The lowest BCUT2D eigenvalue weighted by atomic mass is 9.98. The van der Waals surface area contributed by atoms with E-state index in [1.165, 1.54) is 6.92 Å². The number of carbonyl (C=O) groups excluding carboxylic acids is 1. The zero-order chi connectivity index (χ0) is 11.1. The Hall–Kier alpha value is -0.670. The van der Waals surface area contributed by atoms with Crippen molar-refractivity contribution in [2.75, 3.05) is 6.54 Å². The van der Waals surface area contributed by atoms with Crippen LogP contribution in [0.25, 0.3) is 0 Å². The van der Waals surface area contributed by atoms with E-state index in [2.05, 4.69) is 5.32 Å². The van der Waals surface area contributed by atoms with E-state index in [4.69, 9.17) is 0 Å². The number of rotatable bonds is 2. The summed E-state index contributed by atoms with van der Waals surface area (Å²) in [6.07, 6.45) is 2.91. The molecule has 0 saturated heterocycles. The van der Waals surface area contributed by atoms with Crippen LogP contribution in [0.2, 0.25) is 0 Å². The highest BCUT2D eigenvalue weighted by Crippen LogP contribution is 2.61. The van der Waals surface area contributed by atoms with Gasteiger partial charge in [0.05, 0.1) is 0 Å². The van der Waals surface area contributed by atoms with Crippen molar-refractivity contribution < 1.29 is 13.6 Å². The van der Waals surface area contributed by atoms with Gasteiger partial charge in [-0.3, -0.25) is 4.79 Å². The first-order valence-corrected chi connectivity index (χ1v) is 5.64. The van der Waals surface area contributed by atoms with Gasteiger partial charge in [0.25, 0.3) is 5.92 Å². The van der Waals surface area contributed by atoms with Crippen molar-refractivity contribution in [1.82, 2.24) is 5.32 Å². The first-order chi connectivity index (χ1) is 7.01. The highest BCUT2D eigenvalue weighted by molar-refractivity contribution is 5.72. The topological polar surface area (TPSA) is 29.1 Å². The van der Waals surface area contributed by atoms with Crippen LogP contribution < -0.4 is 5.32 Å². The van der Waals surface area contributed by atoms with Crippen LogP contribution >= 0.6 is 0 Å². The van der Waals surface area contributed by atoms with Crippen molar-refractivity contribution in [3.63, 3.8) is 0 Å². The van der Waals surface area contributed by atoms with Gasteiger partial charge in [-0.1, -0.05) is 0 Å². The maximum Gasteiger partial charge on any atom is 0.254 e. The van der Waals surface area contributed by atoms with Crippen LogP contribution in [0.3, 0.4) is 0 Å². The number of halogens is 2. The quantitative estimate of drug-likeness (QED) is 0.754. The van der Waals surface area contributed by atoms with Crippen LogP contribution in [0.15, 0.2) is 0 Å². The number of carbonyl (C=O) groups is 1. The molecule has 0 aliphatic heterocycles. The molecule has 0 aromatic carbocycles. The molecule has 1 N–H and O–H groups in total. The lowest BCUT2D eigenvalue weighted by molar-refractivity contribution is -0.119. The Balaban J connectivity index is 1.77. The number of hydrogen-bond donors (Lipinski definition) is 1. The van der Waals surface area contributed by atoms with E-state index in [0.29, 0.717) is 25.3 Å². The van der Waals surface area contributed by atoms with Crippen LogP contribution in [0.5, 0.6) is 0 Å². The summed E-state index contributed by atoms with van der Waals surface area (Å²) in [5.74, 6) is -2.73. The molecular weight excluding hydrogens is 200 g/mol. The Morgan fingerprint density at radius 3 is 2.27 bits per heavy atom. The van der Waals surface area contributed by atoms with Gasteiger partial charge in [-0.2, -0.15) is 0 Å². The van der Waals surface area contributed by atoms with Crippen molar-refractivity contribution in [2.24, 2.45) is 17.8 Å². The Morgan fingerprint density at radius 2 is 1.80 bits per heavy atom. The molecule has 86 valence electrons. The van der Waals surface area contributed by atoms with Gasteiger partial charge in [-0.25, -0.2) is 8.78 Å². The summed E-state index contributed by atoms with van der Waals surface area (Å²) in [5.41, 5.74) is 0. The molecule has 2 rings (SSSR count). The second-order valence-electron chi connectivity index (χ2n) is 4.85. The second kappa shape index (κ2) is 3.72. The Morgan fingerprint density at radius 1 is 1.27 bits per heavy atom. The van der Waals surface area contributed by atoms with Crippen LogP contribution in [-0.2, 0) is 4.79 Å². The van der Waals surface area contributed by atoms with Gasteiger partial charge in [0, 0.05) is 25.3 Å². The predicted molar refractivity (Wildman–Crippen MR) is 52.6 cm³/mol. The molecule has 2 fully saturated rings. The molecule has 0 spiro atoms. The number of fused-ring (bicyclic) bond motifs is 1. The largest absolute Gasteiger partial charge is 0.356 e. The second-order valence-corrected chi connectivity index (χ2v) is 4.85. The van der Waals surface area contributed by atoms with E-state index >= 15 is 0 Å². The number of hydrogen-bond acceptors (Lipinski definition) is 1. The molecule has 0 heterocycles. The summed E-state index contributed by atoms with van der Waals surface area (Å²) in [4.78, 5) is 10.7. The van der Waals surface area contributed by atoms with Crippen molar-refractivity contribution >= 4 is 5.91 Å². The molecule has 0 bridgehead atoms. The zero-order valence-electron chi connectivity index (χ0n) is 8.93. The van der Waals surface area contributed by atoms with Gasteiger partial charge >= 0.3 is 0 Å². The SMILES string of the molecule is CC(=O)NCC1CCC2C(CC1)C2(F)F. The van der Waals surface area contributed by atoms with Gasteiger partial charge in [0.2, 0.25) is 5.91 Å². The van der Waals surface area contributed by atoms with Crippen molar-refractivity contribution in [2.45, 2.75) is 38.5 Å². The third-order valence-corrected chi connectivity index (χ3v) is 3.78. The maximum absolute atomic E-state index is 13.1. The molecule has 4 heteroatoms. The van der Waals surface area contributed by atoms with Crippen LogP contribution in [0, 0.1) is 17.8 Å². The van der Waals surface area contributed by atoms with Gasteiger partial charge in [0.15, 0.2) is 0 Å². The number of alkyl halides is 2. The van der Waals surface area contributed by atoms with Crippen molar-refractivity contribution in [3.05, 3.63) is 0 Å². The first kappa shape index (κ1) is 10.8. The van der Waals surface area contributed by atoms with E-state index in [9.17, 15) is 13.6 Å². The van der Waals surface area contributed by atoms with Gasteiger partial charge in [-0.05, 0) is 31.6 Å². The third kappa shape index (κ3) is 2.13. The standard InChI is InChI=1S/C11H17F2NO/c1-7(15)14-6-8-2-4-9-10(5-3-8)11(9,12)13/h8-10H,2-6H2,1H3,(H,14,15). The van der Waals surface area contributed by atoms with Gasteiger partial charge in [0.1, 0.15) is 0 Å². The van der Waals surface area contributed by atoms with Crippen molar-refractivity contribution in [3.8, 4) is 0 Å². The van der Waals surface area contributed by atoms with Gasteiger partial charge in [-0.15, -0.1) is 0 Å². The molecule has 1 amide bonds. The molecule has 0 aromatic heterocycles. The lowest BCUT2D eigenvalue weighted by Gasteiger charge is -2.15. The Kier molecular flexibility index (Phi) is 2.69. The molecule has 0 radical (unpaired) electrons. The first-order valence-electron chi connectivity index (χ1n) is 5.64. The lowest BCUT2D eigenvalue weighted by Crippen LogP contribution is -2.27. The molecule has 2 aliphatic rings. The summed E-state index contributed by atoms with van der Waals surface area (Å²) >= 11 is 0. The predicted octanol–water partition coefficient (Wildman–Crippen LogP) is 2.19. The summed E-state index contributed by atoms with van der Waals surface area (Å²) < 4.78 is 26.1. The third-order valence-electron chi connectivity index (χ3n) is 3.78. The Bertz CT molecular complexity index is 251. The van der Waals surface area contributed by atoms with E-state index in [1.54, 1.807) is 0 Å². The zero-order valence-corrected chi connectivity index (χ0v) is 8.93. The summed E-state index contributed by atoms with van der Waals surface area (Å²) in [7, 11) is 0. The van der Waals surface area contributed by atoms with Gasteiger partial charge < -0.3 is 5.32 Å². The van der Waals surface area contributed by atoms with Crippen molar-refractivity contribution in [1.29, 1.82) is 0 Å². The molecule has 2 unspecified atom stereocenters. The molecule has 2 atom stereocenters. The minimum Gasteiger partial charge on any atom is -0.356 e. The summed E-state index contributed by atoms with van der Waals surface area (Å²) in [6.45, 7) is 2.14. The number of amides is 1.